The fourth-order valence-electron chi connectivity index (χ4n) is 3.75. The molecule has 2 amide bonds. The molecule has 0 radical (unpaired) electrons. The number of amides is 2. The van der Waals surface area contributed by atoms with Gasteiger partial charge in [-0.15, -0.1) is 0 Å². The van der Waals surface area contributed by atoms with E-state index in [1.165, 1.54) is 0 Å². The van der Waals surface area contributed by atoms with E-state index in [9.17, 15) is 9.59 Å². The van der Waals surface area contributed by atoms with Gasteiger partial charge in [-0.05, 0) is 48.2 Å². The molecule has 32 heavy (non-hydrogen) atoms. The first-order valence-electron chi connectivity index (χ1n) is 11.1. The third kappa shape index (κ3) is 7.27. The molecule has 7 heteroatoms. The van der Waals surface area contributed by atoms with Crippen molar-refractivity contribution in [3.05, 3.63) is 59.7 Å². The average molecular weight is 440 g/mol. The van der Waals surface area contributed by atoms with Crippen molar-refractivity contribution in [2.75, 3.05) is 53.5 Å². The number of rotatable bonds is 10. The minimum Gasteiger partial charge on any atom is -0.497 e. The van der Waals surface area contributed by atoms with Gasteiger partial charge in [0, 0.05) is 39.1 Å². The van der Waals surface area contributed by atoms with E-state index in [1.54, 1.807) is 14.2 Å². The SMILES string of the molecule is COc1ccc(CCNC(=O)CN2CCN(C(=O)CCc3ccc(OC)cc3)CC2)cc1. The van der Waals surface area contributed by atoms with Crippen molar-refractivity contribution < 1.29 is 19.1 Å². The van der Waals surface area contributed by atoms with Crippen LogP contribution in [0.4, 0.5) is 0 Å². The first kappa shape index (κ1) is 23.6. The molecule has 1 aliphatic heterocycles. The summed E-state index contributed by atoms with van der Waals surface area (Å²) in [6.07, 6.45) is 2.00. The Balaban J connectivity index is 1.31. The lowest BCUT2D eigenvalue weighted by Gasteiger charge is -2.34. The van der Waals surface area contributed by atoms with Crippen LogP contribution in [0.2, 0.25) is 0 Å². The van der Waals surface area contributed by atoms with Crippen LogP contribution in [-0.2, 0) is 22.4 Å². The molecule has 0 bridgehead atoms. The minimum atomic E-state index is 0.0257. The number of methoxy groups -OCH3 is 2. The molecule has 1 aliphatic rings. The lowest BCUT2D eigenvalue weighted by Crippen LogP contribution is -2.51. The Kier molecular flexibility index (Phi) is 8.92. The van der Waals surface area contributed by atoms with E-state index < -0.39 is 0 Å². The van der Waals surface area contributed by atoms with Crippen molar-refractivity contribution >= 4 is 11.8 Å². The van der Waals surface area contributed by atoms with Crippen molar-refractivity contribution in [1.82, 2.24) is 15.1 Å². The molecule has 0 atom stereocenters. The molecule has 7 nitrogen and oxygen atoms in total. The first-order valence-corrected chi connectivity index (χ1v) is 11.1. The molecule has 0 unspecified atom stereocenters. The standard InChI is InChI=1S/C25H33N3O4/c1-31-22-8-3-20(4-9-22)7-12-25(30)28-17-15-27(16-18-28)19-24(29)26-14-13-21-5-10-23(32-2)11-6-21/h3-6,8-11H,7,12-19H2,1-2H3,(H,26,29). The Labute approximate surface area is 190 Å². The summed E-state index contributed by atoms with van der Waals surface area (Å²) in [6.45, 7) is 3.76. The largest absolute Gasteiger partial charge is 0.497 e. The second-order valence-electron chi connectivity index (χ2n) is 7.95. The smallest absolute Gasteiger partial charge is 0.234 e. The van der Waals surface area contributed by atoms with Crippen LogP contribution in [0.15, 0.2) is 48.5 Å². The topological polar surface area (TPSA) is 71.1 Å². The molecule has 172 valence electrons. The monoisotopic (exact) mass is 439 g/mol. The Morgan fingerprint density at radius 1 is 0.812 bits per heavy atom. The number of carbonyl (C=O) groups is 2. The van der Waals surface area contributed by atoms with Crippen molar-refractivity contribution in [2.45, 2.75) is 19.3 Å². The number of aryl methyl sites for hydroxylation is 1. The van der Waals surface area contributed by atoms with E-state index >= 15 is 0 Å². The number of piperazine rings is 1. The van der Waals surface area contributed by atoms with Crippen molar-refractivity contribution in [3.8, 4) is 11.5 Å². The molecular formula is C25H33N3O4. The molecule has 0 aromatic heterocycles. The number of carbonyl (C=O) groups excluding carboxylic acids is 2. The van der Waals surface area contributed by atoms with Gasteiger partial charge >= 0.3 is 0 Å². The van der Waals surface area contributed by atoms with Gasteiger partial charge in [-0.2, -0.15) is 0 Å². The van der Waals surface area contributed by atoms with Crippen LogP contribution in [0, 0.1) is 0 Å². The highest BCUT2D eigenvalue weighted by atomic mass is 16.5. The number of hydrogen-bond acceptors (Lipinski definition) is 5. The molecule has 1 N–H and O–H groups in total. The zero-order valence-electron chi connectivity index (χ0n) is 19.0. The van der Waals surface area contributed by atoms with Gasteiger partial charge in [-0.25, -0.2) is 0 Å². The van der Waals surface area contributed by atoms with E-state index in [0.717, 1.165) is 48.6 Å². The lowest BCUT2D eigenvalue weighted by atomic mass is 10.1. The Bertz CT molecular complexity index is 860. The van der Waals surface area contributed by atoms with Gasteiger partial charge in [0.15, 0.2) is 0 Å². The highest BCUT2D eigenvalue weighted by molar-refractivity contribution is 5.78. The second-order valence-corrected chi connectivity index (χ2v) is 7.95. The number of hydrogen-bond donors (Lipinski definition) is 1. The predicted octanol–water partition coefficient (Wildman–Crippen LogP) is 2.14. The lowest BCUT2D eigenvalue weighted by molar-refractivity contribution is -0.133. The second kappa shape index (κ2) is 12.1. The van der Waals surface area contributed by atoms with Crippen LogP contribution >= 0.6 is 0 Å². The van der Waals surface area contributed by atoms with Crippen LogP contribution < -0.4 is 14.8 Å². The van der Waals surface area contributed by atoms with Crippen LogP contribution in [0.5, 0.6) is 11.5 Å². The van der Waals surface area contributed by atoms with E-state index in [2.05, 4.69) is 10.2 Å². The average Bonchev–Trinajstić information content (AvgIpc) is 2.83. The Morgan fingerprint density at radius 2 is 1.34 bits per heavy atom. The van der Waals surface area contributed by atoms with Crippen LogP contribution in [-0.4, -0.2) is 75.1 Å². The third-order valence-electron chi connectivity index (χ3n) is 5.77. The maximum Gasteiger partial charge on any atom is 0.234 e. The molecular weight excluding hydrogens is 406 g/mol. The number of ether oxygens (including phenoxy) is 2. The summed E-state index contributed by atoms with van der Waals surface area (Å²) in [6, 6.07) is 15.7. The summed E-state index contributed by atoms with van der Waals surface area (Å²) >= 11 is 0. The van der Waals surface area contributed by atoms with Crippen molar-refractivity contribution in [3.63, 3.8) is 0 Å². The van der Waals surface area contributed by atoms with Gasteiger partial charge in [0.05, 0.1) is 20.8 Å². The van der Waals surface area contributed by atoms with Gasteiger partial charge in [0.1, 0.15) is 11.5 Å². The fraction of sp³-hybridized carbons (Fsp3) is 0.440. The maximum absolute atomic E-state index is 12.5. The summed E-state index contributed by atoms with van der Waals surface area (Å²) < 4.78 is 10.3. The normalized spacial score (nSPS) is 14.1. The van der Waals surface area contributed by atoms with Crippen LogP contribution in [0.25, 0.3) is 0 Å². The quantitative estimate of drug-likeness (QED) is 0.614. The molecule has 1 saturated heterocycles. The maximum atomic E-state index is 12.5. The summed E-state index contributed by atoms with van der Waals surface area (Å²) in [5.74, 6) is 1.85. The molecule has 1 heterocycles. The fourth-order valence-corrected chi connectivity index (χ4v) is 3.75. The van der Waals surface area contributed by atoms with Gasteiger partial charge < -0.3 is 19.7 Å². The number of nitrogens with one attached hydrogen (secondary N) is 1. The van der Waals surface area contributed by atoms with Crippen molar-refractivity contribution in [2.24, 2.45) is 0 Å². The number of nitrogens with zero attached hydrogens (tertiary/aromatic N) is 2. The van der Waals surface area contributed by atoms with E-state index in [4.69, 9.17) is 9.47 Å². The molecule has 2 aromatic rings. The molecule has 0 spiro atoms. The van der Waals surface area contributed by atoms with Crippen LogP contribution in [0.1, 0.15) is 17.5 Å². The highest BCUT2D eigenvalue weighted by Crippen LogP contribution is 2.14. The Morgan fingerprint density at radius 3 is 1.88 bits per heavy atom. The Hall–Kier alpha value is -3.06. The molecule has 1 fully saturated rings. The predicted molar refractivity (Wildman–Crippen MR) is 124 cm³/mol. The summed E-state index contributed by atoms with van der Waals surface area (Å²) in [5, 5.41) is 2.99. The van der Waals surface area contributed by atoms with E-state index in [-0.39, 0.29) is 11.8 Å². The van der Waals surface area contributed by atoms with Gasteiger partial charge in [0.2, 0.25) is 11.8 Å². The zero-order chi connectivity index (χ0) is 22.8. The molecule has 0 aliphatic carbocycles. The summed E-state index contributed by atoms with van der Waals surface area (Å²) in [5.41, 5.74) is 2.29. The van der Waals surface area contributed by atoms with Crippen LogP contribution in [0.3, 0.4) is 0 Å². The van der Waals surface area contributed by atoms with Gasteiger partial charge in [-0.1, -0.05) is 24.3 Å². The summed E-state index contributed by atoms with van der Waals surface area (Å²) in [4.78, 5) is 28.8. The molecule has 3 rings (SSSR count). The van der Waals surface area contributed by atoms with Crippen molar-refractivity contribution in [1.29, 1.82) is 0 Å². The minimum absolute atomic E-state index is 0.0257. The highest BCUT2D eigenvalue weighted by Gasteiger charge is 2.22. The first-order chi connectivity index (χ1) is 15.6. The number of benzene rings is 2. The van der Waals surface area contributed by atoms with E-state index in [1.807, 2.05) is 53.4 Å². The van der Waals surface area contributed by atoms with Gasteiger partial charge in [0.25, 0.3) is 0 Å². The molecule has 0 saturated carbocycles. The third-order valence-corrected chi connectivity index (χ3v) is 5.77. The van der Waals surface area contributed by atoms with E-state index in [0.29, 0.717) is 32.6 Å². The van der Waals surface area contributed by atoms with Gasteiger partial charge in [-0.3, -0.25) is 14.5 Å². The summed E-state index contributed by atoms with van der Waals surface area (Å²) in [7, 11) is 3.29. The molecule has 2 aromatic carbocycles. The zero-order valence-corrected chi connectivity index (χ0v) is 19.0.